The second kappa shape index (κ2) is 4.14. The Hall–Kier alpha value is -2.17. The molecule has 0 radical (unpaired) electrons. The number of anilines is 1. The molecule has 0 aliphatic rings. The number of nitrogens with two attached hydrogens (primary N) is 1. The number of nitrogens with zero attached hydrogens (tertiary/aromatic N) is 2. The highest BCUT2D eigenvalue weighted by molar-refractivity contribution is 5.47. The predicted molar refractivity (Wildman–Crippen MR) is 57.7 cm³/mol. The summed E-state index contributed by atoms with van der Waals surface area (Å²) >= 11 is 0. The Morgan fingerprint density at radius 1 is 1.38 bits per heavy atom. The van der Waals surface area contributed by atoms with Gasteiger partial charge in [0.25, 0.3) is 0 Å². The molecule has 0 spiro atoms. The third-order valence-corrected chi connectivity index (χ3v) is 2.05. The van der Waals surface area contributed by atoms with Crippen molar-refractivity contribution in [3.05, 3.63) is 42.1 Å². The van der Waals surface area contributed by atoms with E-state index in [-0.39, 0.29) is 11.7 Å². The van der Waals surface area contributed by atoms with E-state index in [9.17, 15) is 4.39 Å². The molecule has 5 heteroatoms. The molecule has 0 aliphatic carbocycles. The third kappa shape index (κ3) is 2.08. The lowest BCUT2D eigenvalue weighted by Crippen LogP contribution is -1.96. The molecule has 1 aromatic heterocycles. The number of ether oxygens (including phenoxy) is 1. The van der Waals surface area contributed by atoms with Crippen LogP contribution in [0, 0.1) is 12.7 Å². The van der Waals surface area contributed by atoms with Crippen molar-refractivity contribution in [2.75, 3.05) is 5.73 Å². The summed E-state index contributed by atoms with van der Waals surface area (Å²) in [6.45, 7) is 1.66. The maximum atomic E-state index is 13.0. The fourth-order valence-electron chi connectivity index (χ4n) is 1.21. The summed E-state index contributed by atoms with van der Waals surface area (Å²) in [4.78, 5) is 7.62. The number of hydrogen-bond donors (Lipinski definition) is 1. The van der Waals surface area contributed by atoms with Gasteiger partial charge in [0.1, 0.15) is 23.6 Å². The van der Waals surface area contributed by atoms with Crippen LogP contribution in [0.5, 0.6) is 11.6 Å². The van der Waals surface area contributed by atoms with Gasteiger partial charge in [-0.1, -0.05) is 0 Å². The first kappa shape index (κ1) is 10.4. The van der Waals surface area contributed by atoms with E-state index in [1.807, 2.05) is 0 Å². The number of hydrogen-bond acceptors (Lipinski definition) is 4. The van der Waals surface area contributed by atoms with Crippen LogP contribution in [0.1, 0.15) is 5.56 Å². The van der Waals surface area contributed by atoms with Gasteiger partial charge in [-0.25, -0.2) is 9.37 Å². The molecule has 16 heavy (non-hydrogen) atoms. The predicted octanol–water partition coefficient (Wildman–Crippen LogP) is 2.30. The Kier molecular flexibility index (Phi) is 2.68. The lowest BCUT2D eigenvalue weighted by molar-refractivity contribution is 0.462. The first-order chi connectivity index (χ1) is 7.66. The number of benzene rings is 1. The van der Waals surface area contributed by atoms with Crippen LogP contribution in [0.4, 0.5) is 10.1 Å². The summed E-state index contributed by atoms with van der Waals surface area (Å²) in [5.74, 6) is 0.480. The molecule has 0 atom stereocenters. The zero-order valence-electron chi connectivity index (χ0n) is 8.64. The van der Waals surface area contributed by atoms with E-state index in [4.69, 9.17) is 10.5 Å². The molecular formula is C11H10FN3O. The molecule has 1 heterocycles. The number of aryl methyl sites for hydroxylation is 1. The van der Waals surface area contributed by atoms with Crippen LogP contribution < -0.4 is 10.5 Å². The maximum absolute atomic E-state index is 13.0. The van der Waals surface area contributed by atoms with E-state index >= 15 is 0 Å². The zero-order valence-corrected chi connectivity index (χ0v) is 8.64. The van der Waals surface area contributed by atoms with Crippen molar-refractivity contribution >= 4 is 5.69 Å². The molecule has 4 nitrogen and oxygen atoms in total. The summed E-state index contributed by atoms with van der Waals surface area (Å²) in [5.41, 5.74) is 6.45. The minimum Gasteiger partial charge on any atom is -0.437 e. The lowest BCUT2D eigenvalue weighted by Gasteiger charge is -2.07. The van der Waals surface area contributed by atoms with Gasteiger partial charge >= 0.3 is 0 Å². The van der Waals surface area contributed by atoms with E-state index in [0.717, 1.165) is 0 Å². The van der Waals surface area contributed by atoms with Gasteiger partial charge < -0.3 is 10.5 Å². The zero-order chi connectivity index (χ0) is 11.5. The summed E-state index contributed by atoms with van der Waals surface area (Å²) < 4.78 is 18.4. The van der Waals surface area contributed by atoms with E-state index in [0.29, 0.717) is 17.0 Å². The minimum atomic E-state index is -0.275. The highest BCUT2D eigenvalue weighted by atomic mass is 19.1. The molecule has 0 aliphatic heterocycles. The molecule has 2 rings (SSSR count). The van der Waals surface area contributed by atoms with Crippen LogP contribution in [0.3, 0.4) is 0 Å². The second-order valence-corrected chi connectivity index (χ2v) is 3.30. The molecule has 2 N–H and O–H groups in total. The van der Waals surface area contributed by atoms with Crippen molar-refractivity contribution in [3.8, 4) is 11.6 Å². The van der Waals surface area contributed by atoms with Crippen molar-refractivity contribution in [2.45, 2.75) is 6.92 Å². The van der Waals surface area contributed by atoms with Crippen molar-refractivity contribution < 1.29 is 9.13 Å². The van der Waals surface area contributed by atoms with Gasteiger partial charge in [0, 0.05) is 0 Å². The average molecular weight is 219 g/mol. The molecule has 82 valence electrons. The molecular weight excluding hydrogens is 209 g/mol. The average Bonchev–Trinajstić information content (AvgIpc) is 2.27. The molecule has 0 saturated heterocycles. The number of aromatic nitrogens is 2. The van der Waals surface area contributed by atoms with Crippen LogP contribution in [-0.2, 0) is 0 Å². The van der Waals surface area contributed by atoms with Gasteiger partial charge in [-0.3, -0.25) is 0 Å². The Labute approximate surface area is 91.9 Å². The molecule has 1 aromatic carbocycles. The number of rotatable bonds is 2. The van der Waals surface area contributed by atoms with Crippen molar-refractivity contribution in [1.82, 2.24) is 9.97 Å². The lowest BCUT2D eigenvalue weighted by atomic mass is 10.2. The topological polar surface area (TPSA) is 61.0 Å². The molecule has 0 unspecified atom stereocenters. The Morgan fingerprint density at radius 2 is 2.19 bits per heavy atom. The maximum Gasteiger partial charge on any atom is 0.245 e. The Balaban J connectivity index is 2.28. The minimum absolute atomic E-state index is 0.265. The van der Waals surface area contributed by atoms with Crippen molar-refractivity contribution in [2.24, 2.45) is 0 Å². The smallest absolute Gasteiger partial charge is 0.245 e. The van der Waals surface area contributed by atoms with E-state index in [1.54, 1.807) is 13.0 Å². The van der Waals surface area contributed by atoms with Crippen molar-refractivity contribution in [3.63, 3.8) is 0 Å². The van der Waals surface area contributed by atoms with Gasteiger partial charge in [-0.2, -0.15) is 4.98 Å². The summed E-state index contributed by atoms with van der Waals surface area (Å²) in [6.07, 6.45) is 2.78. The monoisotopic (exact) mass is 219 g/mol. The molecule has 0 amide bonds. The molecule has 0 saturated carbocycles. The van der Waals surface area contributed by atoms with Gasteiger partial charge in [-0.15, -0.1) is 0 Å². The summed E-state index contributed by atoms with van der Waals surface area (Å²) in [7, 11) is 0. The third-order valence-electron chi connectivity index (χ3n) is 2.05. The van der Waals surface area contributed by atoms with Gasteiger partial charge in [0.2, 0.25) is 5.88 Å². The first-order valence-electron chi connectivity index (χ1n) is 4.66. The second-order valence-electron chi connectivity index (χ2n) is 3.30. The molecule has 0 bridgehead atoms. The van der Waals surface area contributed by atoms with Crippen LogP contribution in [0.25, 0.3) is 0 Å². The Bertz CT molecular complexity index is 516. The fraction of sp³-hybridized carbons (Fsp3) is 0.0909. The summed E-state index contributed by atoms with van der Waals surface area (Å²) in [5, 5.41) is 0. The van der Waals surface area contributed by atoms with Crippen LogP contribution >= 0.6 is 0 Å². The number of nitrogen functional groups attached to an aromatic ring is 1. The molecule has 0 fully saturated rings. The largest absolute Gasteiger partial charge is 0.437 e. The fourth-order valence-corrected chi connectivity index (χ4v) is 1.21. The first-order valence-corrected chi connectivity index (χ1v) is 4.66. The van der Waals surface area contributed by atoms with Gasteiger partial charge in [0.05, 0.1) is 6.20 Å². The van der Waals surface area contributed by atoms with Crippen LogP contribution in [-0.4, -0.2) is 9.97 Å². The van der Waals surface area contributed by atoms with Gasteiger partial charge in [0.15, 0.2) is 0 Å². The van der Waals surface area contributed by atoms with Crippen LogP contribution in [0.2, 0.25) is 0 Å². The SMILES string of the molecule is Cc1cc(Oc2ncncc2N)ccc1F. The highest BCUT2D eigenvalue weighted by Crippen LogP contribution is 2.25. The van der Waals surface area contributed by atoms with Crippen LogP contribution in [0.15, 0.2) is 30.7 Å². The van der Waals surface area contributed by atoms with Crippen molar-refractivity contribution in [1.29, 1.82) is 0 Å². The molecule has 2 aromatic rings. The standard InChI is InChI=1S/C11H10FN3O/c1-7-4-8(2-3-9(7)12)16-11-10(13)5-14-6-15-11/h2-6H,13H2,1H3. The normalized spacial score (nSPS) is 10.1. The van der Waals surface area contributed by atoms with E-state index in [2.05, 4.69) is 9.97 Å². The number of halogens is 1. The highest BCUT2D eigenvalue weighted by Gasteiger charge is 2.05. The summed E-state index contributed by atoms with van der Waals surface area (Å²) in [6, 6.07) is 4.43. The van der Waals surface area contributed by atoms with Gasteiger partial charge in [-0.05, 0) is 30.7 Å². The quantitative estimate of drug-likeness (QED) is 0.841. The Morgan fingerprint density at radius 3 is 2.88 bits per heavy atom. The van der Waals surface area contributed by atoms with E-state index < -0.39 is 0 Å². The van der Waals surface area contributed by atoms with E-state index in [1.165, 1.54) is 24.7 Å².